The molecule has 3 atom stereocenters. The topological polar surface area (TPSA) is 119 Å². The SMILES string of the molecule is CCN1C[C@@H](O)[C@H](Nc2ncnc3[nH]nc(C(=O)N[C@H](C)c4cc(F)ccc4F)c23)C1. The summed E-state index contributed by atoms with van der Waals surface area (Å²) in [5, 5.41) is 23.2. The number of carbonyl (C=O) groups excluding carboxylic acids is 1. The highest BCUT2D eigenvalue weighted by Crippen LogP contribution is 2.25. The zero-order chi connectivity index (χ0) is 22.1. The summed E-state index contributed by atoms with van der Waals surface area (Å²) in [5.41, 5.74) is 0.380. The van der Waals surface area contributed by atoms with Gasteiger partial charge >= 0.3 is 0 Å². The van der Waals surface area contributed by atoms with E-state index in [9.17, 15) is 18.7 Å². The Hall–Kier alpha value is -3.18. The highest BCUT2D eigenvalue weighted by Gasteiger charge is 2.32. The summed E-state index contributed by atoms with van der Waals surface area (Å²) in [7, 11) is 0. The van der Waals surface area contributed by atoms with Crippen LogP contribution in [-0.2, 0) is 0 Å². The van der Waals surface area contributed by atoms with Gasteiger partial charge in [0.05, 0.1) is 23.6 Å². The number of likely N-dealkylation sites (tertiary alicyclic amines) is 1. The molecule has 0 radical (unpaired) electrons. The Labute approximate surface area is 176 Å². The van der Waals surface area contributed by atoms with Gasteiger partial charge in [0.25, 0.3) is 5.91 Å². The molecule has 0 unspecified atom stereocenters. The van der Waals surface area contributed by atoms with E-state index in [0.29, 0.717) is 29.9 Å². The monoisotopic (exact) mass is 431 g/mol. The number of rotatable bonds is 6. The molecule has 1 amide bonds. The number of hydrogen-bond acceptors (Lipinski definition) is 7. The van der Waals surface area contributed by atoms with E-state index in [1.807, 2.05) is 6.92 Å². The number of aliphatic hydroxyl groups excluding tert-OH is 1. The van der Waals surface area contributed by atoms with Crippen molar-refractivity contribution in [2.45, 2.75) is 32.0 Å². The minimum absolute atomic E-state index is 0.0154. The highest BCUT2D eigenvalue weighted by atomic mass is 19.1. The fourth-order valence-electron chi connectivity index (χ4n) is 3.76. The molecular weight excluding hydrogens is 408 g/mol. The molecule has 0 bridgehead atoms. The van der Waals surface area contributed by atoms with Crippen LogP contribution in [0.25, 0.3) is 11.0 Å². The van der Waals surface area contributed by atoms with E-state index >= 15 is 0 Å². The average molecular weight is 431 g/mol. The lowest BCUT2D eigenvalue weighted by Gasteiger charge is -2.17. The number of aromatic amines is 1. The maximum absolute atomic E-state index is 14.1. The Kier molecular flexibility index (Phi) is 5.79. The van der Waals surface area contributed by atoms with Crippen LogP contribution in [0.15, 0.2) is 24.5 Å². The zero-order valence-corrected chi connectivity index (χ0v) is 17.1. The van der Waals surface area contributed by atoms with Crippen LogP contribution >= 0.6 is 0 Å². The van der Waals surface area contributed by atoms with Gasteiger partial charge in [-0.2, -0.15) is 5.10 Å². The molecule has 1 saturated heterocycles. The largest absolute Gasteiger partial charge is 0.390 e. The van der Waals surface area contributed by atoms with Gasteiger partial charge in [-0.1, -0.05) is 6.92 Å². The molecule has 2 aromatic heterocycles. The van der Waals surface area contributed by atoms with Crippen molar-refractivity contribution in [3.63, 3.8) is 0 Å². The fourth-order valence-corrected chi connectivity index (χ4v) is 3.76. The molecule has 1 aromatic carbocycles. The lowest BCUT2D eigenvalue weighted by molar-refractivity contribution is 0.0936. The molecule has 4 N–H and O–H groups in total. The minimum atomic E-state index is -0.800. The molecule has 0 spiro atoms. The van der Waals surface area contributed by atoms with Crippen LogP contribution in [0.3, 0.4) is 0 Å². The first-order chi connectivity index (χ1) is 14.9. The third-order valence-electron chi connectivity index (χ3n) is 5.48. The molecule has 31 heavy (non-hydrogen) atoms. The van der Waals surface area contributed by atoms with Gasteiger partial charge in [-0.25, -0.2) is 18.7 Å². The third-order valence-corrected chi connectivity index (χ3v) is 5.48. The van der Waals surface area contributed by atoms with Crippen LogP contribution < -0.4 is 10.6 Å². The summed E-state index contributed by atoms with van der Waals surface area (Å²) in [6, 6.07) is 2.00. The number of aromatic nitrogens is 4. The lowest BCUT2D eigenvalue weighted by Crippen LogP contribution is -2.33. The molecular formula is C20H23F2N7O2. The van der Waals surface area contributed by atoms with Crippen LogP contribution in [0.2, 0.25) is 0 Å². The number of hydrogen-bond donors (Lipinski definition) is 4. The third kappa shape index (κ3) is 4.19. The summed E-state index contributed by atoms with van der Waals surface area (Å²) in [4.78, 5) is 23.3. The highest BCUT2D eigenvalue weighted by molar-refractivity contribution is 6.07. The van der Waals surface area contributed by atoms with Crippen molar-refractivity contribution < 1.29 is 18.7 Å². The first-order valence-electron chi connectivity index (χ1n) is 9.99. The summed E-state index contributed by atoms with van der Waals surface area (Å²) in [6.07, 6.45) is 0.735. The van der Waals surface area contributed by atoms with Gasteiger partial charge in [0.1, 0.15) is 23.8 Å². The molecule has 9 nitrogen and oxygen atoms in total. The van der Waals surface area contributed by atoms with Crippen LogP contribution in [0.5, 0.6) is 0 Å². The van der Waals surface area contributed by atoms with Crippen molar-refractivity contribution in [2.75, 3.05) is 25.0 Å². The van der Waals surface area contributed by atoms with E-state index in [1.54, 1.807) is 6.92 Å². The molecule has 3 aromatic rings. The van der Waals surface area contributed by atoms with Crippen molar-refractivity contribution in [3.05, 3.63) is 47.4 Å². The number of fused-ring (bicyclic) bond motifs is 1. The van der Waals surface area contributed by atoms with Gasteiger partial charge in [0.2, 0.25) is 0 Å². The van der Waals surface area contributed by atoms with Gasteiger partial charge < -0.3 is 15.7 Å². The molecule has 11 heteroatoms. The number of β-amino-alcohol motifs (C(OH)–C–C–N with tert-alkyl or cyclic N) is 1. The Balaban J connectivity index is 1.59. The standard InChI is InChI=1S/C20H23F2N7O2/c1-3-29-7-14(15(30)8-29)26-18-16-17(27-28-19(16)24-9-23-18)20(31)25-10(2)12-6-11(21)4-5-13(12)22/h4-6,9-10,14-15,30H,3,7-8H2,1-2H3,(H,25,31)(H2,23,24,26,27,28)/t10-,14-,15-/m1/s1. The second kappa shape index (κ2) is 8.52. The fraction of sp³-hybridized carbons (Fsp3) is 0.400. The number of benzene rings is 1. The van der Waals surface area contributed by atoms with Crippen LogP contribution in [0.1, 0.15) is 35.9 Å². The van der Waals surface area contributed by atoms with E-state index in [4.69, 9.17) is 0 Å². The molecule has 0 aliphatic carbocycles. The van der Waals surface area contributed by atoms with Gasteiger partial charge in [0.15, 0.2) is 11.3 Å². The number of likely N-dealkylation sites (N-methyl/N-ethyl adjacent to an activating group) is 1. The van der Waals surface area contributed by atoms with E-state index in [0.717, 1.165) is 24.7 Å². The lowest BCUT2D eigenvalue weighted by atomic mass is 10.1. The Morgan fingerprint density at radius 1 is 1.35 bits per heavy atom. The first kappa shape index (κ1) is 21.1. The number of nitrogens with one attached hydrogen (secondary N) is 3. The molecule has 4 rings (SSSR count). The second-order valence-corrected chi connectivity index (χ2v) is 7.55. The van der Waals surface area contributed by atoms with E-state index < -0.39 is 29.7 Å². The van der Waals surface area contributed by atoms with Gasteiger partial charge in [-0.15, -0.1) is 0 Å². The smallest absolute Gasteiger partial charge is 0.273 e. The number of anilines is 1. The number of H-pyrrole nitrogens is 1. The maximum atomic E-state index is 14.1. The molecule has 0 saturated carbocycles. The van der Waals surface area contributed by atoms with E-state index in [2.05, 4.69) is 35.7 Å². The van der Waals surface area contributed by atoms with Crippen molar-refractivity contribution >= 4 is 22.8 Å². The minimum Gasteiger partial charge on any atom is -0.390 e. The molecule has 164 valence electrons. The maximum Gasteiger partial charge on any atom is 0.273 e. The van der Waals surface area contributed by atoms with Crippen LogP contribution in [0, 0.1) is 11.6 Å². The quantitative estimate of drug-likeness (QED) is 0.468. The van der Waals surface area contributed by atoms with Crippen molar-refractivity contribution in [2.24, 2.45) is 0 Å². The van der Waals surface area contributed by atoms with Crippen molar-refractivity contribution in [1.82, 2.24) is 30.4 Å². The molecule has 1 aliphatic rings. The number of aliphatic hydroxyl groups is 1. The molecule has 1 aliphatic heterocycles. The predicted octanol–water partition coefficient (Wildman–Crippen LogP) is 1.60. The van der Waals surface area contributed by atoms with E-state index in [1.165, 1.54) is 6.33 Å². The summed E-state index contributed by atoms with van der Waals surface area (Å²) < 4.78 is 27.6. The predicted molar refractivity (Wildman–Crippen MR) is 109 cm³/mol. The van der Waals surface area contributed by atoms with Gasteiger partial charge in [-0.05, 0) is 31.7 Å². The number of carbonyl (C=O) groups is 1. The summed E-state index contributed by atoms with van der Waals surface area (Å²) in [6.45, 7) is 5.53. The normalized spacial score (nSPS) is 20.2. The zero-order valence-electron chi connectivity index (χ0n) is 17.1. The summed E-state index contributed by atoms with van der Waals surface area (Å²) in [5.74, 6) is -1.46. The van der Waals surface area contributed by atoms with Gasteiger partial charge in [-0.3, -0.25) is 14.8 Å². The first-order valence-corrected chi connectivity index (χ1v) is 9.99. The number of halogens is 2. The van der Waals surface area contributed by atoms with E-state index in [-0.39, 0.29) is 17.3 Å². The summed E-state index contributed by atoms with van der Waals surface area (Å²) >= 11 is 0. The van der Waals surface area contributed by atoms with Crippen LogP contribution in [0.4, 0.5) is 14.6 Å². The van der Waals surface area contributed by atoms with Crippen molar-refractivity contribution in [1.29, 1.82) is 0 Å². The number of amides is 1. The van der Waals surface area contributed by atoms with Crippen molar-refractivity contribution in [3.8, 4) is 0 Å². The molecule has 3 heterocycles. The Bertz CT molecular complexity index is 1110. The van der Waals surface area contributed by atoms with Crippen LogP contribution in [-0.4, -0.2) is 67.9 Å². The van der Waals surface area contributed by atoms with Gasteiger partial charge in [0, 0.05) is 18.7 Å². The Morgan fingerprint density at radius 3 is 2.90 bits per heavy atom. The second-order valence-electron chi connectivity index (χ2n) is 7.55. The average Bonchev–Trinajstić information content (AvgIpc) is 3.34. The Morgan fingerprint density at radius 2 is 2.16 bits per heavy atom. The number of nitrogens with zero attached hydrogens (tertiary/aromatic N) is 4. The molecule has 1 fully saturated rings.